The van der Waals surface area contributed by atoms with Gasteiger partial charge in [0.1, 0.15) is 5.75 Å². The van der Waals surface area contributed by atoms with E-state index in [0.29, 0.717) is 34.2 Å². The van der Waals surface area contributed by atoms with Gasteiger partial charge >= 0.3 is 11.8 Å². The Balaban J connectivity index is 2.00. The number of hydrazone groups is 1. The Kier molecular flexibility index (Phi) is 6.76. The molecule has 0 spiro atoms. The molecule has 8 nitrogen and oxygen atoms in total. The van der Waals surface area contributed by atoms with Crippen molar-refractivity contribution in [2.75, 3.05) is 26.6 Å². The third-order valence-electron chi connectivity index (χ3n) is 3.68. The third kappa shape index (κ3) is 5.21. The highest BCUT2D eigenvalue weighted by Gasteiger charge is 2.14. The van der Waals surface area contributed by atoms with Crippen LogP contribution in [0.5, 0.6) is 17.2 Å². The van der Waals surface area contributed by atoms with Crippen molar-refractivity contribution in [1.29, 1.82) is 0 Å². The second-order valence-corrected chi connectivity index (χ2v) is 5.39. The number of carbonyl (C=O) groups excluding carboxylic acids is 2. The maximum atomic E-state index is 11.9. The van der Waals surface area contributed by atoms with Gasteiger partial charge in [-0.15, -0.1) is 0 Å². The highest BCUT2D eigenvalue weighted by atomic mass is 16.5. The Morgan fingerprint density at radius 1 is 0.852 bits per heavy atom. The van der Waals surface area contributed by atoms with Gasteiger partial charge in [-0.2, -0.15) is 5.10 Å². The SMILES string of the molecule is COc1ccc(NC(=O)C(=O)N/N=C(\C)c2ccc(OC)c(OC)c2)cc1. The van der Waals surface area contributed by atoms with Gasteiger partial charge in [-0.3, -0.25) is 9.59 Å². The first-order chi connectivity index (χ1) is 13.0. The lowest BCUT2D eigenvalue weighted by atomic mass is 10.1. The Bertz CT molecular complexity index is 847. The molecule has 0 atom stereocenters. The van der Waals surface area contributed by atoms with Gasteiger partial charge in [-0.05, 0) is 49.4 Å². The summed E-state index contributed by atoms with van der Waals surface area (Å²) in [6.45, 7) is 1.70. The molecule has 0 aliphatic carbocycles. The molecule has 0 heterocycles. The second-order valence-electron chi connectivity index (χ2n) is 5.39. The number of nitrogens with zero attached hydrogens (tertiary/aromatic N) is 1. The lowest BCUT2D eigenvalue weighted by Crippen LogP contribution is -2.32. The van der Waals surface area contributed by atoms with Crippen LogP contribution in [0.1, 0.15) is 12.5 Å². The summed E-state index contributed by atoms with van der Waals surface area (Å²) in [6.07, 6.45) is 0. The van der Waals surface area contributed by atoms with E-state index in [1.807, 2.05) is 0 Å². The Hall–Kier alpha value is -3.55. The summed E-state index contributed by atoms with van der Waals surface area (Å²) >= 11 is 0. The van der Waals surface area contributed by atoms with Crippen LogP contribution >= 0.6 is 0 Å². The summed E-state index contributed by atoms with van der Waals surface area (Å²) < 4.78 is 15.4. The van der Waals surface area contributed by atoms with Crippen LogP contribution in [-0.4, -0.2) is 38.9 Å². The molecule has 2 N–H and O–H groups in total. The zero-order valence-electron chi connectivity index (χ0n) is 15.5. The fraction of sp³-hybridized carbons (Fsp3) is 0.211. The molecule has 2 rings (SSSR count). The monoisotopic (exact) mass is 371 g/mol. The number of anilines is 1. The van der Waals surface area contributed by atoms with E-state index in [1.165, 1.54) is 7.11 Å². The summed E-state index contributed by atoms with van der Waals surface area (Å²) in [5.41, 5.74) is 3.91. The lowest BCUT2D eigenvalue weighted by molar-refractivity contribution is -0.136. The number of carbonyl (C=O) groups is 2. The van der Waals surface area contributed by atoms with Crippen molar-refractivity contribution in [3.05, 3.63) is 48.0 Å². The number of amides is 2. The van der Waals surface area contributed by atoms with Gasteiger partial charge in [-0.1, -0.05) is 0 Å². The quantitative estimate of drug-likeness (QED) is 0.461. The number of ether oxygens (including phenoxy) is 3. The first-order valence-corrected chi connectivity index (χ1v) is 8.00. The van der Waals surface area contributed by atoms with Crippen molar-refractivity contribution in [1.82, 2.24) is 5.43 Å². The Morgan fingerprint density at radius 3 is 2.11 bits per heavy atom. The van der Waals surface area contributed by atoms with E-state index < -0.39 is 11.8 Å². The fourth-order valence-corrected chi connectivity index (χ4v) is 2.17. The average Bonchev–Trinajstić information content (AvgIpc) is 2.71. The summed E-state index contributed by atoms with van der Waals surface area (Å²) in [4.78, 5) is 23.9. The first-order valence-electron chi connectivity index (χ1n) is 8.00. The molecular formula is C19H21N3O5. The van der Waals surface area contributed by atoms with Crippen molar-refractivity contribution < 1.29 is 23.8 Å². The van der Waals surface area contributed by atoms with Crippen molar-refractivity contribution >= 4 is 23.2 Å². The molecule has 8 heteroatoms. The molecule has 0 bridgehead atoms. The molecule has 2 aromatic rings. The van der Waals surface area contributed by atoms with Gasteiger partial charge in [0.2, 0.25) is 0 Å². The second kappa shape index (κ2) is 9.23. The molecule has 27 heavy (non-hydrogen) atoms. The molecule has 0 saturated heterocycles. The minimum atomic E-state index is -0.884. The minimum absolute atomic E-state index is 0.469. The van der Waals surface area contributed by atoms with Crippen molar-refractivity contribution in [2.24, 2.45) is 5.10 Å². The maximum absolute atomic E-state index is 11.9. The molecule has 0 aliphatic rings. The molecule has 0 radical (unpaired) electrons. The number of nitrogens with one attached hydrogen (secondary N) is 2. The number of hydrogen-bond donors (Lipinski definition) is 2. The van der Waals surface area contributed by atoms with Gasteiger partial charge in [0.15, 0.2) is 11.5 Å². The zero-order valence-corrected chi connectivity index (χ0v) is 15.5. The molecule has 0 fully saturated rings. The van der Waals surface area contributed by atoms with Gasteiger partial charge in [-0.25, -0.2) is 5.43 Å². The predicted octanol–water partition coefficient (Wildman–Crippen LogP) is 2.19. The van der Waals surface area contributed by atoms with Crippen molar-refractivity contribution in [2.45, 2.75) is 6.92 Å². The highest BCUT2D eigenvalue weighted by Crippen LogP contribution is 2.27. The predicted molar refractivity (Wildman–Crippen MR) is 102 cm³/mol. The van der Waals surface area contributed by atoms with Crippen LogP contribution in [0.4, 0.5) is 5.69 Å². The average molecular weight is 371 g/mol. The summed E-state index contributed by atoms with van der Waals surface area (Å²) in [5.74, 6) is 0.0485. The fourth-order valence-electron chi connectivity index (χ4n) is 2.17. The van der Waals surface area contributed by atoms with Crippen LogP contribution in [-0.2, 0) is 9.59 Å². The Morgan fingerprint density at radius 2 is 1.52 bits per heavy atom. The van der Waals surface area contributed by atoms with E-state index in [2.05, 4.69) is 15.8 Å². The first kappa shape index (κ1) is 19.8. The van der Waals surface area contributed by atoms with Gasteiger partial charge in [0.05, 0.1) is 27.0 Å². The molecule has 0 saturated carbocycles. The lowest BCUT2D eigenvalue weighted by Gasteiger charge is -2.09. The van der Waals surface area contributed by atoms with Crippen LogP contribution < -0.4 is 25.0 Å². The molecule has 0 unspecified atom stereocenters. The van der Waals surface area contributed by atoms with E-state index in [0.717, 1.165) is 0 Å². The molecular weight excluding hydrogens is 350 g/mol. The number of benzene rings is 2. The number of hydrogen-bond acceptors (Lipinski definition) is 6. The smallest absolute Gasteiger partial charge is 0.329 e. The molecule has 0 aromatic heterocycles. The largest absolute Gasteiger partial charge is 0.497 e. The summed E-state index contributed by atoms with van der Waals surface area (Å²) in [6, 6.07) is 11.8. The van der Waals surface area contributed by atoms with E-state index >= 15 is 0 Å². The normalized spacial score (nSPS) is 10.7. The summed E-state index contributed by atoms with van der Waals surface area (Å²) in [7, 11) is 4.61. The molecule has 2 amide bonds. The van der Waals surface area contributed by atoms with Crippen LogP contribution in [0.2, 0.25) is 0 Å². The van der Waals surface area contributed by atoms with Gasteiger partial charge in [0, 0.05) is 11.3 Å². The molecule has 0 aliphatic heterocycles. The van der Waals surface area contributed by atoms with E-state index in [4.69, 9.17) is 14.2 Å². The molecule has 142 valence electrons. The van der Waals surface area contributed by atoms with Gasteiger partial charge in [0.25, 0.3) is 0 Å². The van der Waals surface area contributed by atoms with Crippen molar-refractivity contribution in [3.8, 4) is 17.2 Å². The molecule has 2 aromatic carbocycles. The van der Waals surface area contributed by atoms with Gasteiger partial charge < -0.3 is 19.5 Å². The standard InChI is InChI=1S/C19H21N3O5/c1-12(13-5-10-16(26-3)17(11-13)27-4)21-22-19(24)18(23)20-14-6-8-15(25-2)9-7-14/h5-11H,1-4H3,(H,20,23)(H,22,24)/b21-12+. The maximum Gasteiger partial charge on any atom is 0.329 e. The van der Waals surface area contributed by atoms with Crippen LogP contribution in [0.15, 0.2) is 47.6 Å². The van der Waals surface area contributed by atoms with E-state index in [1.54, 1.807) is 63.6 Å². The number of methoxy groups -OCH3 is 3. The van der Waals surface area contributed by atoms with Crippen molar-refractivity contribution in [3.63, 3.8) is 0 Å². The number of rotatable bonds is 6. The van der Waals surface area contributed by atoms with Crippen LogP contribution in [0.25, 0.3) is 0 Å². The Labute approximate surface area is 157 Å². The minimum Gasteiger partial charge on any atom is -0.497 e. The zero-order chi connectivity index (χ0) is 19.8. The summed E-state index contributed by atoms with van der Waals surface area (Å²) in [5, 5.41) is 6.43. The third-order valence-corrected chi connectivity index (χ3v) is 3.68. The van der Waals surface area contributed by atoms with Crippen LogP contribution in [0, 0.1) is 0 Å². The highest BCUT2D eigenvalue weighted by molar-refractivity contribution is 6.39. The van der Waals surface area contributed by atoms with E-state index in [-0.39, 0.29) is 0 Å². The van der Waals surface area contributed by atoms with Crippen LogP contribution in [0.3, 0.4) is 0 Å². The topological polar surface area (TPSA) is 98.2 Å². The van der Waals surface area contributed by atoms with E-state index in [9.17, 15) is 9.59 Å².